The Balaban J connectivity index is 1.62. The van der Waals surface area contributed by atoms with E-state index in [4.69, 9.17) is 0 Å². The average molecular weight is 319 g/mol. The summed E-state index contributed by atoms with van der Waals surface area (Å²) in [7, 11) is 0. The molecule has 0 aliphatic carbocycles. The molecule has 2 aromatic rings. The van der Waals surface area contributed by atoms with E-state index in [1.807, 2.05) is 17.0 Å². The van der Waals surface area contributed by atoms with Crippen LogP contribution in [0.1, 0.15) is 17.2 Å². The second-order valence-corrected chi connectivity index (χ2v) is 6.56. The number of aromatic nitrogens is 2. The highest BCUT2D eigenvalue weighted by Gasteiger charge is 2.23. The van der Waals surface area contributed by atoms with Gasteiger partial charge in [-0.15, -0.1) is 0 Å². The molecule has 1 amide bonds. The van der Waals surface area contributed by atoms with E-state index in [2.05, 4.69) is 5.10 Å². The predicted octanol–water partition coefficient (Wildman–Crippen LogP) is 2.73. The van der Waals surface area contributed by atoms with E-state index in [1.165, 1.54) is 6.07 Å². The van der Waals surface area contributed by atoms with Crippen LogP contribution in [0.4, 0.5) is 4.39 Å². The van der Waals surface area contributed by atoms with Crippen LogP contribution >= 0.6 is 11.8 Å². The van der Waals surface area contributed by atoms with E-state index in [1.54, 1.807) is 41.0 Å². The van der Waals surface area contributed by atoms with Crippen molar-refractivity contribution in [1.29, 1.82) is 0 Å². The van der Waals surface area contributed by atoms with Gasteiger partial charge in [-0.25, -0.2) is 4.39 Å². The van der Waals surface area contributed by atoms with E-state index in [0.717, 1.165) is 17.7 Å². The SMILES string of the molecule is O=C(Cn1cccn1)N1CCSC(c2ccccc2F)CC1. The fraction of sp³-hybridized carbons (Fsp3) is 0.375. The van der Waals surface area contributed by atoms with Crippen molar-refractivity contribution in [3.05, 3.63) is 54.1 Å². The van der Waals surface area contributed by atoms with Gasteiger partial charge in [-0.3, -0.25) is 9.48 Å². The number of nitrogens with zero attached hydrogens (tertiary/aromatic N) is 3. The van der Waals surface area contributed by atoms with Crippen molar-refractivity contribution in [2.24, 2.45) is 0 Å². The Bertz CT molecular complexity index is 632. The van der Waals surface area contributed by atoms with Crippen LogP contribution in [-0.2, 0) is 11.3 Å². The summed E-state index contributed by atoms with van der Waals surface area (Å²) in [5.74, 6) is 0.735. The third kappa shape index (κ3) is 3.50. The van der Waals surface area contributed by atoms with Gasteiger partial charge in [-0.1, -0.05) is 18.2 Å². The first kappa shape index (κ1) is 15.1. The summed E-state index contributed by atoms with van der Waals surface area (Å²) in [5, 5.41) is 4.18. The Hall–Kier alpha value is -1.82. The van der Waals surface area contributed by atoms with Gasteiger partial charge in [0.05, 0.1) is 0 Å². The van der Waals surface area contributed by atoms with Crippen molar-refractivity contribution in [3.8, 4) is 0 Å². The molecule has 22 heavy (non-hydrogen) atoms. The van der Waals surface area contributed by atoms with Crippen LogP contribution in [0.2, 0.25) is 0 Å². The third-order valence-electron chi connectivity index (χ3n) is 3.80. The Morgan fingerprint density at radius 1 is 1.32 bits per heavy atom. The topological polar surface area (TPSA) is 38.1 Å². The molecule has 1 unspecified atom stereocenters. The lowest BCUT2D eigenvalue weighted by atomic mass is 10.1. The second kappa shape index (κ2) is 6.96. The second-order valence-electron chi connectivity index (χ2n) is 5.25. The molecule has 3 rings (SSSR count). The van der Waals surface area contributed by atoms with Gasteiger partial charge in [-0.05, 0) is 18.6 Å². The summed E-state index contributed by atoms with van der Waals surface area (Å²) in [4.78, 5) is 14.2. The summed E-state index contributed by atoms with van der Waals surface area (Å²) < 4.78 is 15.5. The zero-order valence-electron chi connectivity index (χ0n) is 12.2. The van der Waals surface area contributed by atoms with Gasteiger partial charge in [0.2, 0.25) is 5.91 Å². The molecule has 1 aromatic heterocycles. The number of carbonyl (C=O) groups is 1. The number of hydrogen-bond acceptors (Lipinski definition) is 3. The molecule has 1 fully saturated rings. The summed E-state index contributed by atoms with van der Waals surface area (Å²) >= 11 is 1.72. The molecule has 1 aliphatic rings. The first-order chi connectivity index (χ1) is 10.7. The number of benzene rings is 1. The Morgan fingerprint density at radius 3 is 2.95 bits per heavy atom. The van der Waals surface area contributed by atoms with E-state index < -0.39 is 0 Å². The van der Waals surface area contributed by atoms with Gasteiger partial charge >= 0.3 is 0 Å². The van der Waals surface area contributed by atoms with Crippen molar-refractivity contribution in [2.75, 3.05) is 18.8 Å². The molecular weight excluding hydrogens is 301 g/mol. The first-order valence-corrected chi connectivity index (χ1v) is 8.40. The average Bonchev–Trinajstić information content (AvgIpc) is 2.90. The predicted molar refractivity (Wildman–Crippen MR) is 85.0 cm³/mol. The Labute approximate surface area is 133 Å². The highest BCUT2D eigenvalue weighted by molar-refractivity contribution is 7.99. The van der Waals surface area contributed by atoms with E-state index in [-0.39, 0.29) is 23.5 Å². The van der Waals surface area contributed by atoms with Gasteiger partial charge in [-0.2, -0.15) is 16.9 Å². The van der Waals surface area contributed by atoms with Gasteiger partial charge in [0.1, 0.15) is 12.4 Å². The van der Waals surface area contributed by atoms with Gasteiger partial charge in [0.25, 0.3) is 0 Å². The van der Waals surface area contributed by atoms with E-state index in [0.29, 0.717) is 13.1 Å². The summed E-state index contributed by atoms with van der Waals surface area (Å²) in [6.45, 7) is 1.63. The minimum atomic E-state index is -0.156. The molecule has 0 spiro atoms. The molecule has 1 aliphatic heterocycles. The maximum atomic E-state index is 13.9. The number of thioether (sulfide) groups is 1. The van der Waals surface area contributed by atoms with Crippen LogP contribution in [0.3, 0.4) is 0 Å². The van der Waals surface area contributed by atoms with Crippen LogP contribution in [0.25, 0.3) is 0 Å². The maximum Gasteiger partial charge on any atom is 0.244 e. The molecule has 4 nitrogen and oxygen atoms in total. The zero-order chi connectivity index (χ0) is 15.4. The lowest BCUT2D eigenvalue weighted by molar-refractivity contribution is -0.131. The quantitative estimate of drug-likeness (QED) is 0.873. The largest absolute Gasteiger partial charge is 0.340 e. The third-order valence-corrected chi connectivity index (χ3v) is 5.11. The molecular formula is C16H18FN3OS. The maximum absolute atomic E-state index is 13.9. The highest BCUT2D eigenvalue weighted by atomic mass is 32.2. The Morgan fingerprint density at radius 2 is 2.18 bits per heavy atom. The van der Waals surface area contributed by atoms with Crippen LogP contribution in [0.15, 0.2) is 42.7 Å². The van der Waals surface area contributed by atoms with Crippen molar-refractivity contribution in [1.82, 2.24) is 14.7 Å². The zero-order valence-corrected chi connectivity index (χ0v) is 13.0. The summed E-state index contributed by atoms with van der Waals surface area (Å²) in [5.41, 5.74) is 0.744. The lowest BCUT2D eigenvalue weighted by Crippen LogP contribution is -2.35. The van der Waals surface area contributed by atoms with Gasteiger partial charge < -0.3 is 4.90 Å². The van der Waals surface area contributed by atoms with E-state index >= 15 is 0 Å². The van der Waals surface area contributed by atoms with E-state index in [9.17, 15) is 9.18 Å². The fourth-order valence-electron chi connectivity index (χ4n) is 2.64. The molecule has 2 heterocycles. The summed E-state index contributed by atoms with van der Waals surface area (Å²) in [6.07, 6.45) is 4.23. The fourth-order valence-corrected chi connectivity index (χ4v) is 3.89. The van der Waals surface area contributed by atoms with Crippen LogP contribution < -0.4 is 0 Å². The molecule has 116 valence electrons. The highest BCUT2D eigenvalue weighted by Crippen LogP contribution is 2.35. The number of carbonyl (C=O) groups excluding carboxylic acids is 1. The number of rotatable bonds is 3. The molecule has 6 heteroatoms. The molecule has 1 aromatic carbocycles. The van der Waals surface area contributed by atoms with Crippen molar-refractivity contribution in [2.45, 2.75) is 18.2 Å². The Kier molecular flexibility index (Phi) is 4.77. The van der Waals surface area contributed by atoms with Crippen molar-refractivity contribution in [3.63, 3.8) is 0 Å². The van der Waals surface area contributed by atoms with Crippen molar-refractivity contribution >= 4 is 17.7 Å². The van der Waals surface area contributed by atoms with Crippen LogP contribution in [-0.4, -0.2) is 39.4 Å². The minimum absolute atomic E-state index is 0.0680. The van der Waals surface area contributed by atoms with Gasteiger partial charge in [0, 0.05) is 42.0 Å². The van der Waals surface area contributed by atoms with Crippen molar-refractivity contribution < 1.29 is 9.18 Å². The normalized spacial score (nSPS) is 19.0. The molecule has 1 saturated heterocycles. The minimum Gasteiger partial charge on any atom is -0.340 e. The molecule has 0 N–H and O–H groups in total. The monoisotopic (exact) mass is 319 g/mol. The first-order valence-electron chi connectivity index (χ1n) is 7.35. The molecule has 0 radical (unpaired) electrons. The smallest absolute Gasteiger partial charge is 0.244 e. The molecule has 0 saturated carbocycles. The van der Waals surface area contributed by atoms with Crippen LogP contribution in [0, 0.1) is 5.82 Å². The number of hydrogen-bond donors (Lipinski definition) is 0. The van der Waals surface area contributed by atoms with Crippen LogP contribution in [0.5, 0.6) is 0 Å². The molecule has 0 bridgehead atoms. The number of amides is 1. The molecule has 1 atom stereocenters. The summed E-state index contributed by atoms with van der Waals surface area (Å²) in [6, 6.07) is 8.72. The standard InChI is InChI=1S/C16H18FN3OS/c17-14-5-2-1-4-13(14)15-6-9-19(10-11-22-15)16(21)12-20-8-3-7-18-20/h1-5,7-8,15H,6,9-12H2. The number of halogens is 1. The lowest BCUT2D eigenvalue weighted by Gasteiger charge is -2.20. The van der Waals surface area contributed by atoms with Gasteiger partial charge in [0.15, 0.2) is 0 Å².